The second-order valence-electron chi connectivity index (χ2n) is 6.07. The summed E-state index contributed by atoms with van der Waals surface area (Å²) in [7, 11) is -3.24. The molecule has 3 N–H and O–H groups in total. The molecule has 0 aromatic rings. The summed E-state index contributed by atoms with van der Waals surface area (Å²) in [4.78, 5) is 20.0. The van der Waals surface area contributed by atoms with Gasteiger partial charge in [-0.15, -0.1) is 12.3 Å². The molecule has 9 nitrogen and oxygen atoms in total. The van der Waals surface area contributed by atoms with Crippen LogP contribution in [0.25, 0.3) is 0 Å². The first-order valence-corrected chi connectivity index (χ1v) is 16.6. The van der Waals surface area contributed by atoms with Gasteiger partial charge in [-0.2, -0.15) is 0 Å². The maximum absolute atomic E-state index is 12.4. The van der Waals surface area contributed by atoms with E-state index in [-0.39, 0.29) is 18.1 Å². The third-order valence-electron chi connectivity index (χ3n) is 3.72. The maximum atomic E-state index is 12.4. The molecule has 0 spiro atoms. The Morgan fingerprint density at radius 1 is 0.862 bits per heavy atom. The molecule has 2 heterocycles. The van der Waals surface area contributed by atoms with Crippen molar-refractivity contribution in [3.63, 3.8) is 0 Å². The summed E-state index contributed by atoms with van der Waals surface area (Å²) in [6.07, 6.45) is 3.25. The summed E-state index contributed by atoms with van der Waals surface area (Å²) in [6.45, 7) is 0.00639. The van der Waals surface area contributed by atoms with Crippen molar-refractivity contribution in [2.45, 2.75) is 43.7 Å². The highest BCUT2D eigenvalue weighted by atomic mass is 33.1. The van der Waals surface area contributed by atoms with Gasteiger partial charge in [0.2, 0.25) is 0 Å². The van der Waals surface area contributed by atoms with Crippen LogP contribution in [0.2, 0.25) is 0 Å². The number of phosphoric ester groups is 2. The Labute approximate surface area is 186 Å². The zero-order valence-corrected chi connectivity index (χ0v) is 20.4. The fraction of sp³-hybridized carbons (Fsp3) is 0.857. The SMILES string of the molecule is C#CCCCCOP(=O)(O)OC1CSSCC1OP(=O)(O)OC1CSSCC1O. The lowest BCUT2D eigenvalue weighted by Crippen LogP contribution is -2.38. The number of hydrogen-bond acceptors (Lipinski definition) is 11. The monoisotopic (exact) mass is 526 g/mol. The van der Waals surface area contributed by atoms with Crippen LogP contribution in [-0.2, 0) is 27.2 Å². The first-order chi connectivity index (χ1) is 13.7. The number of terminal acetylenes is 1. The molecule has 0 amide bonds. The van der Waals surface area contributed by atoms with Gasteiger partial charge in [0.25, 0.3) is 0 Å². The van der Waals surface area contributed by atoms with E-state index in [4.69, 9.17) is 24.5 Å². The van der Waals surface area contributed by atoms with Crippen molar-refractivity contribution in [2.75, 3.05) is 29.6 Å². The van der Waals surface area contributed by atoms with E-state index < -0.39 is 40.1 Å². The Bertz CT molecular complexity index is 649. The lowest BCUT2D eigenvalue weighted by atomic mass is 10.2. The quantitative estimate of drug-likeness (QED) is 0.158. The van der Waals surface area contributed by atoms with Crippen LogP contribution in [0.4, 0.5) is 0 Å². The van der Waals surface area contributed by atoms with Crippen LogP contribution in [0.5, 0.6) is 0 Å². The summed E-state index contributed by atoms with van der Waals surface area (Å²) in [6, 6.07) is 0. The van der Waals surface area contributed by atoms with Crippen molar-refractivity contribution in [3.05, 3.63) is 0 Å². The van der Waals surface area contributed by atoms with Gasteiger partial charge in [-0.25, -0.2) is 9.13 Å². The summed E-state index contributed by atoms with van der Waals surface area (Å²) >= 11 is 0. The Balaban J connectivity index is 1.88. The molecule has 0 radical (unpaired) electrons. The first kappa shape index (κ1) is 26.4. The molecular formula is C14H24O9P2S4. The number of rotatable bonds is 11. The molecule has 2 saturated heterocycles. The van der Waals surface area contributed by atoms with Crippen molar-refractivity contribution in [2.24, 2.45) is 0 Å². The molecule has 6 unspecified atom stereocenters. The van der Waals surface area contributed by atoms with Gasteiger partial charge in [0.1, 0.15) is 18.3 Å². The third kappa shape index (κ3) is 10.1. The minimum Gasteiger partial charge on any atom is -0.389 e. The highest BCUT2D eigenvalue weighted by molar-refractivity contribution is 8.77. The van der Waals surface area contributed by atoms with E-state index in [0.29, 0.717) is 30.8 Å². The Morgan fingerprint density at radius 3 is 1.97 bits per heavy atom. The van der Waals surface area contributed by atoms with E-state index in [9.17, 15) is 24.0 Å². The predicted molar refractivity (Wildman–Crippen MR) is 119 cm³/mol. The Kier molecular flexibility index (Phi) is 11.8. The molecule has 0 bridgehead atoms. The molecule has 0 saturated carbocycles. The molecule has 2 fully saturated rings. The molecule has 15 heteroatoms. The van der Waals surface area contributed by atoms with E-state index in [1.807, 2.05) is 0 Å². The lowest BCUT2D eigenvalue weighted by Gasteiger charge is -2.33. The van der Waals surface area contributed by atoms with Crippen molar-refractivity contribution >= 4 is 58.8 Å². The average molecular weight is 527 g/mol. The van der Waals surface area contributed by atoms with E-state index in [1.54, 1.807) is 0 Å². The number of aliphatic hydroxyl groups is 1. The van der Waals surface area contributed by atoms with Crippen molar-refractivity contribution in [3.8, 4) is 12.3 Å². The van der Waals surface area contributed by atoms with E-state index in [0.717, 1.165) is 0 Å². The van der Waals surface area contributed by atoms with Crippen molar-refractivity contribution in [1.29, 1.82) is 0 Å². The van der Waals surface area contributed by atoms with Gasteiger partial charge in [-0.3, -0.25) is 18.1 Å². The second-order valence-corrected chi connectivity index (χ2v) is 13.9. The topological polar surface area (TPSA) is 132 Å². The van der Waals surface area contributed by atoms with Crippen LogP contribution >= 0.6 is 58.8 Å². The minimum absolute atomic E-state index is 0.00639. The van der Waals surface area contributed by atoms with Gasteiger partial charge in [0.05, 0.1) is 12.7 Å². The van der Waals surface area contributed by atoms with Crippen molar-refractivity contribution < 1.29 is 42.1 Å². The second kappa shape index (κ2) is 13.0. The van der Waals surface area contributed by atoms with Crippen LogP contribution in [0.1, 0.15) is 19.3 Å². The molecule has 0 aromatic heterocycles. The molecule has 168 valence electrons. The summed E-state index contributed by atoms with van der Waals surface area (Å²) < 4.78 is 45.1. The van der Waals surface area contributed by atoms with Gasteiger partial charge in [-0.1, -0.05) is 43.2 Å². The first-order valence-electron chi connectivity index (χ1n) is 8.68. The highest BCUT2D eigenvalue weighted by Crippen LogP contribution is 2.53. The van der Waals surface area contributed by atoms with Crippen LogP contribution in [-0.4, -0.2) is 68.9 Å². The summed E-state index contributed by atoms with van der Waals surface area (Å²) in [5.41, 5.74) is 0. The smallest absolute Gasteiger partial charge is 0.389 e. The molecule has 6 atom stereocenters. The molecular weight excluding hydrogens is 502 g/mol. The normalized spacial score (nSPS) is 32.1. The van der Waals surface area contributed by atoms with Crippen LogP contribution in [0.15, 0.2) is 0 Å². The van der Waals surface area contributed by atoms with E-state index in [2.05, 4.69) is 5.92 Å². The van der Waals surface area contributed by atoms with Gasteiger partial charge >= 0.3 is 15.6 Å². The fourth-order valence-electron chi connectivity index (χ4n) is 2.27. The van der Waals surface area contributed by atoms with Gasteiger partial charge in [-0.05, 0) is 12.8 Å². The number of aliphatic hydroxyl groups excluding tert-OH is 1. The lowest BCUT2D eigenvalue weighted by molar-refractivity contribution is -0.00227. The van der Waals surface area contributed by atoms with Crippen LogP contribution < -0.4 is 0 Å². The minimum atomic E-state index is -4.52. The molecule has 0 aliphatic carbocycles. The predicted octanol–water partition coefficient (Wildman–Crippen LogP) is 3.31. The number of phosphoric acid groups is 2. The average Bonchev–Trinajstić information content (AvgIpc) is 2.64. The van der Waals surface area contributed by atoms with E-state index >= 15 is 0 Å². The standard InChI is InChI=1S/C14H24O9P2S4/c1-2-3-4-5-6-20-24(16,17)22-13-9-28-29-10-14(13)23-25(18,19)21-12-8-27-26-7-11(12)15/h1,11-15H,3-10H2,(H,16,17)(H,18,19). The maximum Gasteiger partial charge on any atom is 0.472 e. The molecule has 0 aromatic carbocycles. The van der Waals surface area contributed by atoms with Crippen LogP contribution in [0.3, 0.4) is 0 Å². The van der Waals surface area contributed by atoms with E-state index in [1.165, 1.54) is 43.2 Å². The zero-order valence-electron chi connectivity index (χ0n) is 15.4. The summed E-state index contributed by atoms with van der Waals surface area (Å²) in [5, 5.41) is 9.90. The van der Waals surface area contributed by atoms with Gasteiger partial charge < -0.3 is 14.9 Å². The molecule has 2 aliphatic heterocycles. The third-order valence-corrected chi connectivity index (χ3v) is 10.7. The Morgan fingerprint density at radius 2 is 1.38 bits per heavy atom. The van der Waals surface area contributed by atoms with Gasteiger partial charge in [0.15, 0.2) is 0 Å². The molecule has 2 aliphatic rings. The number of hydrogen-bond donors (Lipinski definition) is 3. The molecule has 2 rings (SSSR count). The number of unbranched alkanes of at least 4 members (excludes halogenated alkanes) is 2. The zero-order chi connectivity index (χ0) is 21.3. The largest absolute Gasteiger partial charge is 0.472 e. The van der Waals surface area contributed by atoms with Crippen molar-refractivity contribution in [1.82, 2.24) is 0 Å². The highest BCUT2D eigenvalue weighted by Gasteiger charge is 2.41. The Hall–Kier alpha value is 1.14. The van der Waals surface area contributed by atoms with Crippen LogP contribution in [0, 0.1) is 12.3 Å². The fourth-order valence-corrected chi connectivity index (χ4v) is 9.48. The summed E-state index contributed by atoms with van der Waals surface area (Å²) in [5.74, 6) is 3.71. The molecule has 29 heavy (non-hydrogen) atoms. The van der Waals surface area contributed by atoms with Gasteiger partial charge in [0, 0.05) is 29.4 Å².